The number of fused-ring (bicyclic) bond motifs is 2. The van der Waals surface area contributed by atoms with E-state index in [1.165, 1.54) is 24.0 Å². The van der Waals surface area contributed by atoms with Crippen molar-refractivity contribution in [1.82, 2.24) is 4.90 Å². The lowest BCUT2D eigenvalue weighted by Crippen LogP contribution is -2.34. The molecule has 90 valence electrons. The molecule has 0 aliphatic carbocycles. The maximum atomic E-state index is 13.3. The second kappa shape index (κ2) is 3.95. The van der Waals surface area contributed by atoms with E-state index in [0.29, 0.717) is 12.1 Å². The van der Waals surface area contributed by atoms with Crippen molar-refractivity contribution in [2.75, 3.05) is 7.05 Å². The lowest BCUT2D eigenvalue weighted by atomic mass is 9.94. The molecular weight excluding hydrogens is 213 g/mol. The van der Waals surface area contributed by atoms with Crippen LogP contribution >= 0.6 is 0 Å². The summed E-state index contributed by atoms with van der Waals surface area (Å²) in [5.74, 6) is -0.106. The molecule has 3 rings (SSSR count). The van der Waals surface area contributed by atoms with E-state index >= 15 is 0 Å². The zero-order chi connectivity index (χ0) is 12.0. The van der Waals surface area contributed by atoms with Crippen LogP contribution in [0.15, 0.2) is 24.3 Å². The predicted molar refractivity (Wildman–Crippen MR) is 68.3 cm³/mol. The quantitative estimate of drug-likeness (QED) is 0.716. The van der Waals surface area contributed by atoms with E-state index in [0.717, 1.165) is 12.0 Å². The summed E-state index contributed by atoms with van der Waals surface area (Å²) in [5.41, 5.74) is 3.35. The van der Waals surface area contributed by atoms with Crippen molar-refractivity contribution in [2.45, 2.75) is 38.3 Å². The number of halogens is 1. The number of rotatable bonds is 1. The van der Waals surface area contributed by atoms with Gasteiger partial charge in [0.1, 0.15) is 5.82 Å². The monoisotopic (exact) mass is 231 g/mol. The first-order valence-corrected chi connectivity index (χ1v) is 6.34. The average molecular weight is 231 g/mol. The molecule has 17 heavy (non-hydrogen) atoms. The Hall–Kier alpha value is -1.15. The zero-order valence-electron chi connectivity index (χ0n) is 10.4. The normalized spacial score (nSPS) is 28.3. The topological polar surface area (TPSA) is 3.24 Å². The van der Waals surface area contributed by atoms with E-state index in [2.05, 4.69) is 18.0 Å². The van der Waals surface area contributed by atoms with E-state index in [-0.39, 0.29) is 5.82 Å². The summed E-state index contributed by atoms with van der Waals surface area (Å²) in [5, 5.41) is 0. The van der Waals surface area contributed by atoms with Crippen LogP contribution in [0.5, 0.6) is 0 Å². The summed E-state index contributed by atoms with van der Waals surface area (Å²) < 4.78 is 13.3. The molecule has 2 aliphatic rings. The third kappa shape index (κ3) is 1.81. The molecule has 2 unspecified atom stereocenters. The Morgan fingerprint density at radius 1 is 1.29 bits per heavy atom. The van der Waals surface area contributed by atoms with Crippen molar-refractivity contribution in [3.63, 3.8) is 0 Å². The second-order valence-corrected chi connectivity index (χ2v) is 5.32. The Labute approximate surface area is 102 Å². The van der Waals surface area contributed by atoms with E-state index in [1.54, 1.807) is 6.07 Å². The molecule has 1 nitrogen and oxygen atoms in total. The molecule has 0 aromatic heterocycles. The molecule has 1 saturated heterocycles. The van der Waals surface area contributed by atoms with Gasteiger partial charge in [-0.05, 0) is 62.1 Å². The van der Waals surface area contributed by atoms with Gasteiger partial charge in [0.15, 0.2) is 0 Å². The van der Waals surface area contributed by atoms with Gasteiger partial charge >= 0.3 is 0 Å². The Balaban J connectivity index is 1.95. The number of hydrogen-bond donors (Lipinski definition) is 0. The van der Waals surface area contributed by atoms with Crippen LogP contribution in [0.3, 0.4) is 0 Å². The third-order valence-electron chi connectivity index (χ3n) is 4.27. The maximum absolute atomic E-state index is 13.3. The van der Waals surface area contributed by atoms with Crippen LogP contribution < -0.4 is 0 Å². The van der Waals surface area contributed by atoms with E-state index in [1.807, 2.05) is 19.1 Å². The van der Waals surface area contributed by atoms with Crippen molar-refractivity contribution < 1.29 is 4.39 Å². The fourth-order valence-electron chi connectivity index (χ4n) is 3.10. The van der Waals surface area contributed by atoms with Crippen LogP contribution in [0.25, 0.3) is 5.57 Å². The molecule has 0 N–H and O–H groups in total. The van der Waals surface area contributed by atoms with Crippen LogP contribution in [0, 0.1) is 12.7 Å². The standard InChI is InChI=1S/C15H18FN/c1-10-7-11(3-6-15(10)16)12-8-13-4-5-14(9-12)17(13)2/h3,6-8,13-14H,4-5,9H2,1-2H3. The zero-order valence-corrected chi connectivity index (χ0v) is 10.4. The van der Waals surface area contributed by atoms with Gasteiger partial charge in [0.2, 0.25) is 0 Å². The van der Waals surface area contributed by atoms with Gasteiger partial charge in [-0.25, -0.2) is 4.39 Å². The van der Waals surface area contributed by atoms with Crippen LogP contribution in [0.1, 0.15) is 30.4 Å². The minimum Gasteiger partial charge on any atom is -0.297 e. The summed E-state index contributed by atoms with van der Waals surface area (Å²) in [4.78, 5) is 2.47. The number of benzene rings is 1. The molecule has 1 aromatic rings. The highest BCUT2D eigenvalue weighted by Crippen LogP contribution is 2.37. The number of likely N-dealkylation sites (N-methyl/N-ethyl adjacent to an activating group) is 1. The van der Waals surface area contributed by atoms with Crippen molar-refractivity contribution >= 4 is 5.57 Å². The summed E-state index contributed by atoms with van der Waals surface area (Å²) in [6, 6.07) is 6.76. The molecular formula is C15H18FN. The largest absolute Gasteiger partial charge is 0.297 e. The molecule has 0 spiro atoms. The van der Waals surface area contributed by atoms with Gasteiger partial charge in [0.05, 0.1) is 0 Å². The summed E-state index contributed by atoms with van der Waals surface area (Å²) >= 11 is 0. The van der Waals surface area contributed by atoms with Gasteiger partial charge < -0.3 is 0 Å². The molecule has 0 amide bonds. The molecule has 2 heterocycles. The van der Waals surface area contributed by atoms with Gasteiger partial charge in [-0.3, -0.25) is 4.90 Å². The summed E-state index contributed by atoms with van der Waals surface area (Å²) in [6.07, 6.45) is 6.04. The Morgan fingerprint density at radius 2 is 2.12 bits per heavy atom. The molecule has 0 saturated carbocycles. The molecule has 0 radical (unpaired) electrons. The molecule has 2 aliphatic heterocycles. The van der Waals surface area contributed by atoms with Crippen LogP contribution in [0.2, 0.25) is 0 Å². The second-order valence-electron chi connectivity index (χ2n) is 5.32. The first-order chi connectivity index (χ1) is 8.15. The number of nitrogens with zero attached hydrogens (tertiary/aromatic N) is 1. The Bertz CT molecular complexity index is 478. The minimum absolute atomic E-state index is 0.106. The van der Waals surface area contributed by atoms with Gasteiger partial charge in [-0.2, -0.15) is 0 Å². The third-order valence-corrected chi connectivity index (χ3v) is 4.27. The molecule has 2 bridgehead atoms. The summed E-state index contributed by atoms with van der Waals surface area (Å²) in [7, 11) is 2.21. The SMILES string of the molecule is Cc1cc(C2=CC3CCC(C2)N3C)ccc1F. The molecule has 1 fully saturated rings. The van der Waals surface area contributed by atoms with Gasteiger partial charge in [0, 0.05) is 12.1 Å². The Kier molecular flexibility index (Phi) is 2.55. The van der Waals surface area contributed by atoms with Crippen molar-refractivity contribution in [1.29, 1.82) is 0 Å². The van der Waals surface area contributed by atoms with Gasteiger partial charge in [-0.1, -0.05) is 12.1 Å². The first kappa shape index (κ1) is 11.0. The van der Waals surface area contributed by atoms with Crippen molar-refractivity contribution in [3.05, 3.63) is 41.2 Å². The fourth-order valence-corrected chi connectivity index (χ4v) is 3.10. The highest BCUT2D eigenvalue weighted by Gasteiger charge is 2.33. The minimum atomic E-state index is -0.106. The smallest absolute Gasteiger partial charge is 0.126 e. The lowest BCUT2D eigenvalue weighted by molar-refractivity contribution is 0.264. The van der Waals surface area contributed by atoms with Crippen molar-refractivity contribution in [3.8, 4) is 0 Å². The Morgan fingerprint density at radius 3 is 2.82 bits per heavy atom. The van der Waals surface area contributed by atoms with Crippen LogP contribution in [-0.2, 0) is 0 Å². The fraction of sp³-hybridized carbons (Fsp3) is 0.467. The van der Waals surface area contributed by atoms with Crippen LogP contribution in [-0.4, -0.2) is 24.0 Å². The van der Waals surface area contributed by atoms with E-state index < -0.39 is 0 Å². The summed E-state index contributed by atoms with van der Waals surface area (Å²) in [6.45, 7) is 1.84. The molecule has 2 heteroatoms. The van der Waals surface area contributed by atoms with Crippen molar-refractivity contribution in [2.24, 2.45) is 0 Å². The number of aryl methyl sites for hydroxylation is 1. The maximum Gasteiger partial charge on any atom is 0.126 e. The molecule has 1 aromatic carbocycles. The highest BCUT2D eigenvalue weighted by molar-refractivity contribution is 5.68. The average Bonchev–Trinajstić information content (AvgIpc) is 2.55. The van der Waals surface area contributed by atoms with E-state index in [4.69, 9.17) is 0 Å². The van der Waals surface area contributed by atoms with E-state index in [9.17, 15) is 4.39 Å². The number of hydrogen-bond acceptors (Lipinski definition) is 1. The predicted octanol–water partition coefficient (Wildman–Crippen LogP) is 3.38. The lowest BCUT2D eigenvalue weighted by Gasteiger charge is -2.30. The first-order valence-electron chi connectivity index (χ1n) is 6.34. The van der Waals surface area contributed by atoms with Gasteiger partial charge in [0.25, 0.3) is 0 Å². The van der Waals surface area contributed by atoms with Crippen LogP contribution in [0.4, 0.5) is 4.39 Å². The highest BCUT2D eigenvalue weighted by atomic mass is 19.1. The molecule has 2 atom stereocenters. The van der Waals surface area contributed by atoms with Gasteiger partial charge in [-0.15, -0.1) is 0 Å².